The van der Waals surface area contributed by atoms with Crippen LogP contribution in [0, 0.1) is 0 Å². The zero-order valence-electron chi connectivity index (χ0n) is 13.3. The first-order chi connectivity index (χ1) is 11.8. The fourth-order valence-corrected chi connectivity index (χ4v) is 2.90. The van der Waals surface area contributed by atoms with Crippen molar-refractivity contribution in [1.82, 2.24) is 4.72 Å². The first-order valence-electron chi connectivity index (χ1n) is 7.18. The molecule has 2 aromatic rings. The van der Waals surface area contributed by atoms with Crippen molar-refractivity contribution in [2.75, 3.05) is 5.32 Å². The largest absolute Gasteiger partial charge is 0.508 e. The summed E-state index contributed by atoms with van der Waals surface area (Å²) in [5.74, 6) is -0.946. The Morgan fingerprint density at radius 2 is 1.60 bits per heavy atom. The van der Waals surface area contributed by atoms with E-state index in [-0.39, 0.29) is 10.6 Å². The molecule has 0 aliphatic carbocycles. The second-order valence-electron chi connectivity index (χ2n) is 5.10. The van der Waals surface area contributed by atoms with Crippen LogP contribution in [0.1, 0.15) is 12.5 Å². The predicted octanol–water partition coefficient (Wildman–Crippen LogP) is 1.87. The van der Waals surface area contributed by atoms with Crippen LogP contribution in [0.15, 0.2) is 59.5 Å². The van der Waals surface area contributed by atoms with Crippen molar-refractivity contribution in [1.29, 1.82) is 0 Å². The molecule has 0 aromatic heterocycles. The molecule has 7 nitrogen and oxygen atoms in total. The Morgan fingerprint density at radius 1 is 1.00 bits per heavy atom. The number of carbonyl (C=O) groups is 2. The molecule has 2 amide bonds. The zero-order valence-corrected chi connectivity index (χ0v) is 14.1. The molecule has 2 rings (SSSR count). The zero-order chi connectivity index (χ0) is 18.4. The number of sulfonamides is 1. The molecule has 0 radical (unpaired) electrons. The molecular weight excluding hydrogens is 344 g/mol. The summed E-state index contributed by atoms with van der Waals surface area (Å²) in [6, 6.07) is 11.7. The lowest BCUT2D eigenvalue weighted by atomic mass is 10.2. The van der Waals surface area contributed by atoms with Crippen LogP contribution in [0.2, 0.25) is 0 Å². The van der Waals surface area contributed by atoms with Crippen LogP contribution in [0.5, 0.6) is 5.75 Å². The van der Waals surface area contributed by atoms with Crippen LogP contribution >= 0.6 is 0 Å². The van der Waals surface area contributed by atoms with Crippen molar-refractivity contribution in [3.63, 3.8) is 0 Å². The Labute approximate surface area is 145 Å². The van der Waals surface area contributed by atoms with E-state index < -0.39 is 21.8 Å². The Bertz CT molecular complexity index is 901. The Morgan fingerprint density at radius 3 is 2.16 bits per heavy atom. The molecule has 2 aromatic carbocycles. The number of nitrogens with one attached hydrogen (secondary N) is 2. The van der Waals surface area contributed by atoms with Gasteiger partial charge >= 0.3 is 0 Å². The Hall–Kier alpha value is -3.13. The third-order valence-electron chi connectivity index (χ3n) is 3.03. The summed E-state index contributed by atoms with van der Waals surface area (Å²) in [7, 11) is -3.90. The van der Waals surface area contributed by atoms with Crippen LogP contribution in [0.3, 0.4) is 0 Å². The van der Waals surface area contributed by atoms with E-state index in [9.17, 15) is 23.1 Å². The summed E-state index contributed by atoms with van der Waals surface area (Å²) < 4.78 is 25.5. The number of carbonyl (C=O) groups excluding carboxylic acids is 2. The molecule has 0 spiro atoms. The van der Waals surface area contributed by atoms with Gasteiger partial charge in [-0.05, 0) is 48.0 Å². The van der Waals surface area contributed by atoms with Crippen molar-refractivity contribution < 1.29 is 23.1 Å². The molecule has 0 saturated carbocycles. The van der Waals surface area contributed by atoms with Gasteiger partial charge in [-0.25, -0.2) is 13.1 Å². The number of hydrogen-bond donors (Lipinski definition) is 3. The first-order valence-corrected chi connectivity index (χ1v) is 8.66. The van der Waals surface area contributed by atoms with E-state index in [4.69, 9.17) is 0 Å². The Kier molecular flexibility index (Phi) is 5.56. The SMILES string of the molecule is CC(=O)NS(=O)(=O)c1ccc(NC(=O)/C=C/c2ccc(O)cc2)cc1. The van der Waals surface area contributed by atoms with E-state index in [1.54, 1.807) is 18.2 Å². The summed E-state index contributed by atoms with van der Waals surface area (Å²) >= 11 is 0. The van der Waals surface area contributed by atoms with Crippen LogP contribution in [0.25, 0.3) is 6.08 Å². The van der Waals surface area contributed by atoms with Crippen molar-refractivity contribution >= 4 is 33.6 Å². The number of hydrogen-bond acceptors (Lipinski definition) is 5. The number of rotatable bonds is 5. The van der Waals surface area contributed by atoms with Crippen LogP contribution in [-0.2, 0) is 19.6 Å². The van der Waals surface area contributed by atoms with Gasteiger partial charge in [-0.2, -0.15) is 0 Å². The van der Waals surface area contributed by atoms with Gasteiger partial charge in [0.25, 0.3) is 10.0 Å². The van der Waals surface area contributed by atoms with E-state index in [1.165, 1.54) is 42.5 Å². The maximum atomic E-state index is 11.9. The van der Waals surface area contributed by atoms with Crippen molar-refractivity contribution in [2.24, 2.45) is 0 Å². The average molecular weight is 360 g/mol. The summed E-state index contributed by atoms with van der Waals surface area (Å²) in [6.45, 7) is 1.10. The number of amides is 2. The molecule has 8 heteroatoms. The molecule has 130 valence electrons. The number of benzene rings is 2. The highest BCUT2D eigenvalue weighted by Gasteiger charge is 2.15. The molecule has 0 unspecified atom stereocenters. The molecule has 3 N–H and O–H groups in total. The minimum atomic E-state index is -3.90. The molecule has 0 heterocycles. The highest BCUT2D eigenvalue weighted by atomic mass is 32.2. The van der Waals surface area contributed by atoms with E-state index >= 15 is 0 Å². The molecule has 0 atom stereocenters. The smallest absolute Gasteiger partial charge is 0.264 e. The third kappa shape index (κ3) is 5.47. The number of aromatic hydroxyl groups is 1. The second kappa shape index (κ2) is 7.63. The number of phenolic OH excluding ortho intramolecular Hbond substituents is 1. The normalized spacial score (nSPS) is 11.2. The van der Waals surface area contributed by atoms with Crippen LogP contribution in [0.4, 0.5) is 5.69 Å². The van der Waals surface area contributed by atoms with Crippen molar-refractivity contribution in [2.45, 2.75) is 11.8 Å². The van der Waals surface area contributed by atoms with Crippen LogP contribution < -0.4 is 10.0 Å². The van der Waals surface area contributed by atoms with Gasteiger partial charge < -0.3 is 10.4 Å². The molecule has 25 heavy (non-hydrogen) atoms. The van der Waals surface area contributed by atoms with Crippen LogP contribution in [-0.4, -0.2) is 25.3 Å². The molecule has 0 saturated heterocycles. The van der Waals surface area contributed by atoms with Crippen molar-refractivity contribution in [3.05, 3.63) is 60.2 Å². The van der Waals surface area contributed by atoms with Gasteiger partial charge in [0.2, 0.25) is 11.8 Å². The number of anilines is 1. The van der Waals surface area contributed by atoms with Gasteiger partial charge in [0, 0.05) is 18.7 Å². The van der Waals surface area contributed by atoms with Crippen molar-refractivity contribution in [3.8, 4) is 5.75 Å². The lowest BCUT2D eigenvalue weighted by Gasteiger charge is -2.06. The van der Waals surface area contributed by atoms with Gasteiger partial charge in [0.1, 0.15) is 5.75 Å². The highest BCUT2D eigenvalue weighted by Crippen LogP contribution is 2.14. The molecule has 0 aliphatic heterocycles. The molecule has 0 aliphatic rings. The second-order valence-corrected chi connectivity index (χ2v) is 6.78. The van der Waals surface area contributed by atoms with E-state index in [2.05, 4.69) is 5.32 Å². The van der Waals surface area contributed by atoms with E-state index in [1.807, 2.05) is 4.72 Å². The maximum Gasteiger partial charge on any atom is 0.264 e. The fraction of sp³-hybridized carbons (Fsp3) is 0.0588. The topological polar surface area (TPSA) is 113 Å². The summed E-state index contributed by atoms with van der Waals surface area (Å²) in [5.41, 5.74) is 1.15. The molecular formula is C17H16N2O5S. The highest BCUT2D eigenvalue weighted by molar-refractivity contribution is 7.90. The molecule has 0 bridgehead atoms. The summed E-state index contributed by atoms with van der Waals surface area (Å²) in [5, 5.41) is 11.8. The minimum absolute atomic E-state index is 0.0830. The Balaban J connectivity index is 2.02. The summed E-state index contributed by atoms with van der Waals surface area (Å²) in [6.07, 6.45) is 2.89. The van der Waals surface area contributed by atoms with Gasteiger partial charge in [0.05, 0.1) is 4.90 Å². The minimum Gasteiger partial charge on any atom is -0.508 e. The summed E-state index contributed by atoms with van der Waals surface area (Å²) in [4.78, 5) is 22.7. The quantitative estimate of drug-likeness (QED) is 0.705. The maximum absolute atomic E-state index is 11.9. The predicted molar refractivity (Wildman–Crippen MR) is 93.2 cm³/mol. The van der Waals surface area contributed by atoms with Gasteiger partial charge in [-0.3, -0.25) is 9.59 Å². The lowest BCUT2D eigenvalue weighted by Crippen LogP contribution is -2.28. The standard InChI is InChI=1S/C17H16N2O5S/c1-12(20)19-25(23,24)16-9-5-14(6-10-16)18-17(22)11-4-13-2-7-15(21)8-3-13/h2-11,21H,1H3,(H,18,22)(H,19,20)/b11-4+. The van der Waals surface area contributed by atoms with Gasteiger partial charge in [0.15, 0.2) is 0 Å². The van der Waals surface area contributed by atoms with E-state index in [0.29, 0.717) is 5.69 Å². The monoisotopic (exact) mass is 360 g/mol. The average Bonchev–Trinajstić information content (AvgIpc) is 2.54. The van der Waals surface area contributed by atoms with Gasteiger partial charge in [-0.15, -0.1) is 0 Å². The first kappa shape index (κ1) is 18.2. The molecule has 0 fully saturated rings. The van der Waals surface area contributed by atoms with Gasteiger partial charge in [-0.1, -0.05) is 12.1 Å². The van der Waals surface area contributed by atoms with E-state index in [0.717, 1.165) is 12.5 Å². The lowest BCUT2D eigenvalue weighted by molar-refractivity contribution is -0.117. The number of phenols is 1. The fourth-order valence-electron chi connectivity index (χ4n) is 1.91. The third-order valence-corrected chi connectivity index (χ3v) is 4.48.